The molecule has 0 aliphatic heterocycles. The molecule has 0 amide bonds. The van der Waals surface area contributed by atoms with Crippen molar-refractivity contribution in [3.8, 4) is 5.75 Å². The highest BCUT2D eigenvalue weighted by atomic mass is 19.1. The zero-order chi connectivity index (χ0) is 16.7. The zero-order valence-electron chi connectivity index (χ0n) is 12.6. The molecule has 1 N–H and O–H groups in total. The van der Waals surface area contributed by atoms with Crippen LogP contribution in [0.3, 0.4) is 0 Å². The Morgan fingerprint density at radius 3 is 2.70 bits per heavy atom. The second-order valence-electron chi connectivity index (χ2n) is 5.29. The van der Waals surface area contributed by atoms with Crippen LogP contribution in [0, 0.1) is 18.6 Å². The molecule has 0 bridgehead atoms. The molecule has 0 aliphatic rings. The number of fused-ring (bicyclic) bond motifs is 1. The number of hydrogen-bond donors (Lipinski definition) is 1. The first kappa shape index (κ1) is 15.1. The molecule has 0 saturated carbocycles. The van der Waals surface area contributed by atoms with Crippen molar-refractivity contribution < 1.29 is 18.7 Å². The topological polar surface area (TPSA) is 54.6 Å². The summed E-state index contributed by atoms with van der Waals surface area (Å²) < 4.78 is 28.6. The van der Waals surface area contributed by atoms with Gasteiger partial charge in [0, 0.05) is 11.8 Å². The lowest BCUT2D eigenvalue weighted by molar-refractivity contribution is 0.103. The molecule has 4 nitrogen and oxygen atoms in total. The van der Waals surface area contributed by atoms with Gasteiger partial charge in [-0.25, -0.2) is 13.8 Å². The maximum absolute atomic E-state index is 13.7. The highest BCUT2D eigenvalue weighted by Gasteiger charge is 2.22. The average Bonchev–Trinajstić information content (AvgIpc) is 2.89. The fraction of sp³-hybridized carbons (Fsp3) is 0.176. The Morgan fingerprint density at radius 1 is 1.30 bits per heavy atom. The van der Waals surface area contributed by atoms with Crippen LogP contribution in [0.5, 0.6) is 5.75 Å². The molecule has 6 heteroatoms. The van der Waals surface area contributed by atoms with Gasteiger partial charge in [0.15, 0.2) is 11.6 Å². The first-order valence-electron chi connectivity index (χ1n) is 7.12. The second-order valence-corrected chi connectivity index (χ2v) is 5.29. The molecule has 0 aliphatic carbocycles. The molecule has 0 saturated heterocycles. The van der Waals surface area contributed by atoms with Crippen molar-refractivity contribution in [2.75, 3.05) is 0 Å². The van der Waals surface area contributed by atoms with Crippen molar-refractivity contribution in [1.29, 1.82) is 0 Å². The number of phenolic OH excluding ortho intramolecular Hbond substituents is 1. The Bertz CT molecular complexity index is 909. The lowest BCUT2D eigenvalue weighted by Gasteiger charge is -2.07. The monoisotopic (exact) mass is 316 g/mol. The number of aromatic nitrogens is 2. The normalized spacial score (nSPS) is 11.1. The van der Waals surface area contributed by atoms with Crippen molar-refractivity contribution in [1.82, 2.24) is 9.38 Å². The quantitative estimate of drug-likeness (QED) is 0.753. The lowest BCUT2D eigenvalue weighted by atomic mass is 10.0. The summed E-state index contributed by atoms with van der Waals surface area (Å²) in [5.74, 6) is -2.32. The van der Waals surface area contributed by atoms with Gasteiger partial charge in [0.05, 0.1) is 5.69 Å². The molecular weight excluding hydrogens is 302 g/mol. The van der Waals surface area contributed by atoms with E-state index in [4.69, 9.17) is 0 Å². The number of carbonyl (C=O) groups is 1. The first-order chi connectivity index (χ1) is 10.9. The lowest BCUT2D eigenvalue weighted by Crippen LogP contribution is -2.09. The van der Waals surface area contributed by atoms with E-state index in [0.717, 1.165) is 6.07 Å². The largest absolute Gasteiger partial charge is 0.505 e. The van der Waals surface area contributed by atoms with Gasteiger partial charge in [-0.05, 0) is 43.2 Å². The molecule has 3 rings (SSSR count). The number of aryl methyl sites for hydroxylation is 2. The molecule has 0 radical (unpaired) electrons. The fourth-order valence-corrected chi connectivity index (χ4v) is 2.56. The third-order valence-corrected chi connectivity index (χ3v) is 3.72. The van der Waals surface area contributed by atoms with Crippen LogP contribution in [0.2, 0.25) is 0 Å². The maximum atomic E-state index is 13.7. The minimum Gasteiger partial charge on any atom is -0.505 e. The summed E-state index contributed by atoms with van der Waals surface area (Å²) in [5, 5.41) is 9.50. The summed E-state index contributed by atoms with van der Waals surface area (Å²) >= 11 is 0. The van der Waals surface area contributed by atoms with Crippen molar-refractivity contribution in [3.63, 3.8) is 0 Å². The van der Waals surface area contributed by atoms with Gasteiger partial charge in [0.25, 0.3) is 0 Å². The Morgan fingerprint density at radius 2 is 2.04 bits per heavy atom. The molecular formula is C17H14F2N2O2. The van der Waals surface area contributed by atoms with E-state index < -0.39 is 23.2 Å². The van der Waals surface area contributed by atoms with Crippen LogP contribution in [0.1, 0.15) is 34.2 Å². The summed E-state index contributed by atoms with van der Waals surface area (Å²) in [6.07, 6.45) is 1.66. The summed E-state index contributed by atoms with van der Waals surface area (Å²) in [6, 6.07) is 5.12. The van der Waals surface area contributed by atoms with Gasteiger partial charge in [0.1, 0.15) is 17.2 Å². The molecule has 1 aromatic carbocycles. The van der Waals surface area contributed by atoms with Crippen LogP contribution in [-0.4, -0.2) is 20.3 Å². The third-order valence-electron chi connectivity index (χ3n) is 3.72. The zero-order valence-corrected chi connectivity index (χ0v) is 12.6. The van der Waals surface area contributed by atoms with Crippen LogP contribution >= 0.6 is 0 Å². The smallest absolute Gasteiger partial charge is 0.211 e. The molecule has 23 heavy (non-hydrogen) atoms. The van der Waals surface area contributed by atoms with Gasteiger partial charge >= 0.3 is 0 Å². The van der Waals surface area contributed by atoms with Crippen molar-refractivity contribution in [2.45, 2.75) is 20.3 Å². The minimum absolute atomic E-state index is 0.0820. The highest BCUT2D eigenvalue weighted by molar-refractivity contribution is 6.09. The Hall–Kier alpha value is -2.76. The molecule has 118 valence electrons. The number of halogens is 2. The summed E-state index contributed by atoms with van der Waals surface area (Å²) in [7, 11) is 0. The number of hydrogen-bond acceptors (Lipinski definition) is 3. The van der Waals surface area contributed by atoms with Gasteiger partial charge in [-0.15, -0.1) is 0 Å². The number of pyridine rings is 1. The van der Waals surface area contributed by atoms with Crippen molar-refractivity contribution in [3.05, 3.63) is 64.6 Å². The number of rotatable bonds is 3. The van der Waals surface area contributed by atoms with Gasteiger partial charge in [-0.3, -0.25) is 9.20 Å². The fourth-order valence-electron chi connectivity index (χ4n) is 2.56. The van der Waals surface area contributed by atoms with Crippen molar-refractivity contribution in [2.24, 2.45) is 0 Å². The molecule has 0 fully saturated rings. The van der Waals surface area contributed by atoms with Crippen molar-refractivity contribution >= 4 is 11.4 Å². The van der Waals surface area contributed by atoms with E-state index in [1.807, 2.05) is 6.92 Å². The Labute approximate surface area is 131 Å². The van der Waals surface area contributed by atoms with Crippen LogP contribution in [0.15, 0.2) is 30.5 Å². The molecule has 0 atom stereocenters. The second kappa shape index (κ2) is 5.46. The standard InChI is InChI=1S/C17H14F2N2O2/c1-3-13-15(21-8-11(18)4-5-14(21)20-13)17(23)10-6-9(2)16(22)12(19)7-10/h4-8,22H,3H2,1-2H3. The first-order valence-corrected chi connectivity index (χ1v) is 7.12. The Balaban J connectivity index is 2.23. The number of ketones is 1. The van der Waals surface area contributed by atoms with E-state index in [1.165, 1.54) is 35.7 Å². The van der Waals surface area contributed by atoms with E-state index in [0.29, 0.717) is 17.8 Å². The summed E-state index contributed by atoms with van der Waals surface area (Å²) in [5.41, 5.74) is 1.49. The van der Waals surface area contributed by atoms with Gasteiger partial charge in [-0.2, -0.15) is 0 Å². The third kappa shape index (κ3) is 2.46. The number of aromatic hydroxyl groups is 1. The predicted molar refractivity (Wildman–Crippen MR) is 80.8 cm³/mol. The predicted octanol–water partition coefficient (Wildman–Crippen LogP) is 3.42. The van der Waals surface area contributed by atoms with Gasteiger partial charge in [-0.1, -0.05) is 6.92 Å². The molecule has 0 unspecified atom stereocenters. The van der Waals surface area contributed by atoms with E-state index in [9.17, 15) is 18.7 Å². The van der Waals surface area contributed by atoms with E-state index >= 15 is 0 Å². The minimum atomic E-state index is -0.869. The number of carbonyl (C=O) groups excluding carboxylic acids is 1. The number of benzene rings is 1. The highest BCUT2D eigenvalue weighted by Crippen LogP contribution is 2.25. The van der Waals surface area contributed by atoms with Gasteiger partial charge < -0.3 is 5.11 Å². The molecule has 2 aromatic heterocycles. The average molecular weight is 316 g/mol. The number of phenols is 1. The summed E-state index contributed by atoms with van der Waals surface area (Å²) in [4.78, 5) is 17.1. The van der Waals surface area contributed by atoms with Crippen LogP contribution < -0.4 is 0 Å². The Kier molecular flexibility index (Phi) is 3.60. The SMILES string of the molecule is CCc1nc2ccc(F)cn2c1C(=O)c1cc(C)c(O)c(F)c1. The molecule has 2 heterocycles. The van der Waals surface area contributed by atoms with Gasteiger partial charge in [0.2, 0.25) is 5.78 Å². The van der Waals surface area contributed by atoms with E-state index in [-0.39, 0.29) is 16.8 Å². The molecule has 3 aromatic rings. The van der Waals surface area contributed by atoms with Crippen LogP contribution in [0.4, 0.5) is 8.78 Å². The van der Waals surface area contributed by atoms with Crippen LogP contribution in [0.25, 0.3) is 5.65 Å². The number of imidazole rings is 1. The molecule has 0 spiro atoms. The summed E-state index contributed by atoms with van der Waals surface area (Å²) in [6.45, 7) is 3.33. The number of nitrogens with zero attached hydrogens (tertiary/aromatic N) is 2. The maximum Gasteiger partial charge on any atom is 0.211 e. The van der Waals surface area contributed by atoms with E-state index in [1.54, 1.807) is 0 Å². The van der Waals surface area contributed by atoms with E-state index in [2.05, 4.69) is 4.98 Å². The van der Waals surface area contributed by atoms with Crippen LogP contribution in [-0.2, 0) is 6.42 Å².